The average molecular weight is 316 g/mol. The van der Waals surface area contributed by atoms with E-state index < -0.39 is 0 Å². The van der Waals surface area contributed by atoms with E-state index in [9.17, 15) is 9.90 Å². The van der Waals surface area contributed by atoms with E-state index in [2.05, 4.69) is 10.6 Å². The first-order valence-electron chi connectivity index (χ1n) is 6.72. The van der Waals surface area contributed by atoms with Gasteiger partial charge in [0.2, 0.25) is 0 Å². The summed E-state index contributed by atoms with van der Waals surface area (Å²) >= 11 is 5.08. The van der Waals surface area contributed by atoms with Crippen molar-refractivity contribution in [2.24, 2.45) is 0 Å². The third-order valence-electron chi connectivity index (χ3n) is 2.78. The van der Waals surface area contributed by atoms with Crippen LogP contribution >= 0.6 is 12.2 Å². The van der Waals surface area contributed by atoms with Gasteiger partial charge in [0.05, 0.1) is 6.61 Å². The van der Waals surface area contributed by atoms with Crippen molar-refractivity contribution in [3.8, 4) is 11.5 Å². The Kier molecular flexibility index (Phi) is 5.32. The zero-order chi connectivity index (χ0) is 15.9. The highest BCUT2D eigenvalue weighted by molar-refractivity contribution is 7.80. The van der Waals surface area contributed by atoms with Crippen molar-refractivity contribution in [1.29, 1.82) is 0 Å². The summed E-state index contributed by atoms with van der Waals surface area (Å²) in [6.45, 7) is 2.47. The van der Waals surface area contributed by atoms with Crippen LogP contribution in [-0.4, -0.2) is 22.7 Å². The molecule has 0 aliphatic carbocycles. The second kappa shape index (κ2) is 7.42. The van der Waals surface area contributed by atoms with Gasteiger partial charge in [-0.3, -0.25) is 10.1 Å². The molecule has 2 aromatic rings. The molecule has 3 N–H and O–H groups in total. The Morgan fingerprint density at radius 1 is 1.14 bits per heavy atom. The van der Waals surface area contributed by atoms with E-state index in [-0.39, 0.29) is 16.8 Å². The van der Waals surface area contributed by atoms with Gasteiger partial charge in [-0.15, -0.1) is 0 Å². The lowest BCUT2D eigenvalue weighted by Gasteiger charge is -2.10. The van der Waals surface area contributed by atoms with Crippen LogP contribution in [0.1, 0.15) is 17.3 Å². The number of hydrogen-bond acceptors (Lipinski definition) is 4. The van der Waals surface area contributed by atoms with Crippen LogP contribution < -0.4 is 15.4 Å². The molecule has 0 saturated carbocycles. The Balaban J connectivity index is 1.93. The highest BCUT2D eigenvalue weighted by atomic mass is 32.1. The topological polar surface area (TPSA) is 70.6 Å². The smallest absolute Gasteiger partial charge is 0.257 e. The number of amides is 1. The summed E-state index contributed by atoms with van der Waals surface area (Å²) in [6, 6.07) is 13.2. The van der Waals surface area contributed by atoms with Gasteiger partial charge in [-0.05, 0) is 67.7 Å². The maximum Gasteiger partial charge on any atom is 0.257 e. The van der Waals surface area contributed by atoms with Gasteiger partial charge in [0, 0.05) is 11.3 Å². The number of ether oxygens (including phenoxy) is 1. The third kappa shape index (κ3) is 4.46. The van der Waals surface area contributed by atoms with Gasteiger partial charge in [0.15, 0.2) is 5.11 Å². The molecule has 5 nitrogen and oxygen atoms in total. The van der Waals surface area contributed by atoms with Gasteiger partial charge in [0.25, 0.3) is 5.91 Å². The maximum absolute atomic E-state index is 12.0. The van der Waals surface area contributed by atoms with Gasteiger partial charge >= 0.3 is 0 Å². The van der Waals surface area contributed by atoms with E-state index in [1.165, 1.54) is 12.1 Å². The highest BCUT2D eigenvalue weighted by Gasteiger charge is 2.08. The molecule has 2 rings (SSSR count). The third-order valence-corrected chi connectivity index (χ3v) is 2.98. The molecule has 0 heterocycles. The van der Waals surface area contributed by atoms with E-state index in [0.29, 0.717) is 23.6 Å². The van der Waals surface area contributed by atoms with Gasteiger partial charge in [-0.2, -0.15) is 0 Å². The lowest BCUT2D eigenvalue weighted by Crippen LogP contribution is -2.34. The van der Waals surface area contributed by atoms with Crippen LogP contribution in [0.3, 0.4) is 0 Å². The number of carbonyl (C=O) groups excluding carboxylic acids is 1. The van der Waals surface area contributed by atoms with E-state index in [1.54, 1.807) is 36.4 Å². The van der Waals surface area contributed by atoms with Crippen LogP contribution in [0.4, 0.5) is 5.69 Å². The average Bonchev–Trinajstić information content (AvgIpc) is 2.50. The number of nitrogens with one attached hydrogen (secondary N) is 2. The zero-order valence-electron chi connectivity index (χ0n) is 12.0. The lowest BCUT2D eigenvalue weighted by atomic mass is 10.2. The Bertz CT molecular complexity index is 654. The summed E-state index contributed by atoms with van der Waals surface area (Å²) in [5, 5.41) is 14.8. The van der Waals surface area contributed by atoms with Gasteiger partial charge in [0.1, 0.15) is 11.5 Å². The second-order valence-corrected chi connectivity index (χ2v) is 4.82. The molecular formula is C16H16N2O3S. The molecule has 0 spiro atoms. The van der Waals surface area contributed by atoms with Crippen LogP contribution in [-0.2, 0) is 0 Å². The predicted molar refractivity (Wildman–Crippen MR) is 89.4 cm³/mol. The SMILES string of the molecule is CCOc1ccc(C(=O)NC(=S)Nc2ccc(O)cc2)cc1. The molecule has 0 bridgehead atoms. The first kappa shape index (κ1) is 15.8. The molecular weight excluding hydrogens is 300 g/mol. The van der Waals surface area contributed by atoms with Crippen LogP contribution in [0.2, 0.25) is 0 Å². The summed E-state index contributed by atoms with van der Waals surface area (Å²) in [6.07, 6.45) is 0. The standard InChI is InChI=1S/C16H16N2O3S/c1-2-21-14-9-3-11(4-10-14)15(20)18-16(22)17-12-5-7-13(19)8-6-12/h3-10,19H,2H2,1H3,(H2,17,18,20,22). The van der Waals surface area contributed by atoms with E-state index in [0.717, 1.165) is 0 Å². The predicted octanol–water partition coefficient (Wildman–Crippen LogP) is 2.92. The van der Waals surface area contributed by atoms with Crippen molar-refractivity contribution >= 4 is 28.9 Å². The monoisotopic (exact) mass is 316 g/mol. The molecule has 0 saturated heterocycles. The van der Waals surface area contributed by atoms with Crippen LogP contribution in [0.25, 0.3) is 0 Å². The molecule has 22 heavy (non-hydrogen) atoms. The van der Waals surface area contributed by atoms with Crippen molar-refractivity contribution in [1.82, 2.24) is 5.32 Å². The molecule has 0 atom stereocenters. The molecule has 0 aliphatic heterocycles. The van der Waals surface area contributed by atoms with Crippen molar-refractivity contribution in [3.05, 3.63) is 54.1 Å². The zero-order valence-corrected chi connectivity index (χ0v) is 12.8. The molecule has 6 heteroatoms. The minimum Gasteiger partial charge on any atom is -0.508 e. The fraction of sp³-hybridized carbons (Fsp3) is 0.125. The minimum absolute atomic E-state index is 0.162. The summed E-state index contributed by atoms with van der Waals surface area (Å²) in [5.41, 5.74) is 1.16. The normalized spacial score (nSPS) is 9.86. The molecule has 0 aliphatic rings. The van der Waals surface area contributed by atoms with Gasteiger partial charge in [-0.25, -0.2) is 0 Å². The fourth-order valence-electron chi connectivity index (χ4n) is 1.75. The first-order valence-corrected chi connectivity index (χ1v) is 7.13. The number of benzene rings is 2. The summed E-state index contributed by atoms with van der Waals surface area (Å²) in [5.74, 6) is 0.568. The quantitative estimate of drug-likeness (QED) is 0.597. The number of rotatable bonds is 4. The van der Waals surface area contributed by atoms with Crippen LogP contribution in [0.15, 0.2) is 48.5 Å². The van der Waals surface area contributed by atoms with E-state index >= 15 is 0 Å². The lowest BCUT2D eigenvalue weighted by molar-refractivity contribution is 0.0977. The molecule has 114 valence electrons. The van der Waals surface area contributed by atoms with E-state index in [1.807, 2.05) is 6.92 Å². The Labute approximate surface area is 133 Å². The van der Waals surface area contributed by atoms with E-state index in [4.69, 9.17) is 17.0 Å². The number of hydrogen-bond donors (Lipinski definition) is 3. The molecule has 0 radical (unpaired) electrons. The number of phenolic OH excluding ortho intramolecular Hbond substituents is 1. The van der Waals surface area contributed by atoms with Gasteiger partial charge < -0.3 is 15.2 Å². The Morgan fingerprint density at radius 2 is 1.77 bits per heavy atom. The van der Waals surface area contributed by atoms with Crippen molar-refractivity contribution < 1.29 is 14.6 Å². The Hall–Kier alpha value is -2.60. The fourth-order valence-corrected chi connectivity index (χ4v) is 1.96. The van der Waals surface area contributed by atoms with Crippen molar-refractivity contribution in [3.63, 3.8) is 0 Å². The largest absolute Gasteiger partial charge is 0.508 e. The molecule has 0 aromatic heterocycles. The van der Waals surface area contributed by atoms with Crippen molar-refractivity contribution in [2.45, 2.75) is 6.92 Å². The van der Waals surface area contributed by atoms with Gasteiger partial charge in [-0.1, -0.05) is 0 Å². The first-order chi connectivity index (χ1) is 10.6. The Morgan fingerprint density at radius 3 is 2.36 bits per heavy atom. The molecule has 0 fully saturated rings. The minimum atomic E-state index is -0.306. The molecule has 0 unspecified atom stereocenters. The number of aromatic hydroxyl groups is 1. The van der Waals surface area contributed by atoms with Crippen molar-refractivity contribution in [2.75, 3.05) is 11.9 Å². The summed E-state index contributed by atoms with van der Waals surface area (Å²) in [7, 11) is 0. The molecule has 2 aromatic carbocycles. The summed E-state index contributed by atoms with van der Waals surface area (Å²) < 4.78 is 5.32. The number of thiocarbonyl (C=S) groups is 1. The number of carbonyl (C=O) groups is 1. The molecule has 1 amide bonds. The summed E-state index contributed by atoms with van der Waals surface area (Å²) in [4.78, 5) is 12.0. The second-order valence-electron chi connectivity index (χ2n) is 4.41. The number of phenols is 1. The number of anilines is 1. The van der Waals surface area contributed by atoms with Crippen LogP contribution in [0, 0.1) is 0 Å². The highest BCUT2D eigenvalue weighted by Crippen LogP contribution is 2.14. The maximum atomic E-state index is 12.0. The van der Waals surface area contributed by atoms with Crippen LogP contribution in [0.5, 0.6) is 11.5 Å².